The molecule has 0 aliphatic carbocycles. The molecule has 1 aromatic carbocycles. The van der Waals surface area contributed by atoms with Crippen molar-refractivity contribution in [2.45, 2.75) is 26.3 Å². The molecule has 0 bridgehead atoms. The van der Waals surface area contributed by atoms with Crippen molar-refractivity contribution in [2.24, 2.45) is 0 Å². The van der Waals surface area contributed by atoms with Crippen molar-refractivity contribution in [3.05, 3.63) is 52.4 Å². The lowest BCUT2D eigenvalue weighted by molar-refractivity contribution is 0.0710. The van der Waals surface area contributed by atoms with Crippen LogP contribution in [-0.4, -0.2) is 42.4 Å². The summed E-state index contributed by atoms with van der Waals surface area (Å²) in [6, 6.07) is 9.62. The third kappa shape index (κ3) is 4.08. The van der Waals surface area contributed by atoms with E-state index in [4.69, 9.17) is 0 Å². The van der Waals surface area contributed by atoms with Gasteiger partial charge in [0, 0.05) is 31.2 Å². The zero-order valence-electron chi connectivity index (χ0n) is 14.5. The van der Waals surface area contributed by atoms with Gasteiger partial charge in [0.25, 0.3) is 11.8 Å². The van der Waals surface area contributed by atoms with Gasteiger partial charge in [0.2, 0.25) is 0 Å². The first kappa shape index (κ1) is 17.6. The van der Waals surface area contributed by atoms with Crippen LogP contribution in [0.25, 0.3) is 0 Å². The largest absolute Gasteiger partial charge is 0.336 e. The first-order valence-corrected chi connectivity index (χ1v) is 9.47. The van der Waals surface area contributed by atoms with Crippen LogP contribution < -0.4 is 10.6 Å². The molecule has 2 heterocycles. The second kappa shape index (κ2) is 7.80. The Morgan fingerprint density at radius 2 is 2.04 bits per heavy atom. The van der Waals surface area contributed by atoms with E-state index in [1.54, 1.807) is 6.07 Å². The van der Waals surface area contributed by atoms with Crippen molar-refractivity contribution < 1.29 is 9.59 Å². The molecular weight excluding hydrogens is 334 g/mol. The van der Waals surface area contributed by atoms with Crippen molar-refractivity contribution in [2.75, 3.05) is 25.0 Å². The van der Waals surface area contributed by atoms with E-state index >= 15 is 0 Å². The van der Waals surface area contributed by atoms with Crippen molar-refractivity contribution in [1.82, 2.24) is 10.2 Å². The molecule has 0 spiro atoms. The van der Waals surface area contributed by atoms with Crippen LogP contribution in [0.2, 0.25) is 0 Å². The van der Waals surface area contributed by atoms with Gasteiger partial charge in [-0.3, -0.25) is 9.59 Å². The zero-order valence-corrected chi connectivity index (χ0v) is 15.4. The van der Waals surface area contributed by atoms with Crippen LogP contribution in [0.5, 0.6) is 0 Å². The topological polar surface area (TPSA) is 61.4 Å². The molecule has 25 heavy (non-hydrogen) atoms. The predicted octanol–water partition coefficient (Wildman–Crippen LogP) is 3.00. The average molecular weight is 357 g/mol. The van der Waals surface area contributed by atoms with E-state index in [-0.39, 0.29) is 17.9 Å². The summed E-state index contributed by atoms with van der Waals surface area (Å²) in [6.07, 6.45) is 0.939. The maximum atomic E-state index is 12.8. The summed E-state index contributed by atoms with van der Waals surface area (Å²) >= 11 is 1.38. The van der Waals surface area contributed by atoms with Gasteiger partial charge in [-0.15, -0.1) is 11.3 Å². The number of hydrogen-bond acceptors (Lipinski definition) is 4. The second-order valence-corrected chi connectivity index (χ2v) is 7.19. The van der Waals surface area contributed by atoms with E-state index < -0.39 is 0 Å². The number of nitrogens with zero attached hydrogens (tertiary/aromatic N) is 1. The molecule has 2 N–H and O–H groups in total. The van der Waals surface area contributed by atoms with E-state index in [1.165, 1.54) is 16.9 Å². The third-order valence-electron chi connectivity index (χ3n) is 4.40. The highest BCUT2D eigenvalue weighted by molar-refractivity contribution is 7.14. The number of thiophene rings is 1. The molecule has 1 fully saturated rings. The zero-order chi connectivity index (χ0) is 17.8. The fourth-order valence-electron chi connectivity index (χ4n) is 2.93. The molecule has 5 nitrogen and oxygen atoms in total. The first-order chi connectivity index (χ1) is 12.1. The van der Waals surface area contributed by atoms with Gasteiger partial charge < -0.3 is 15.5 Å². The number of amides is 2. The lowest BCUT2D eigenvalue weighted by atomic mass is 10.1. The molecule has 3 rings (SSSR count). The van der Waals surface area contributed by atoms with Crippen molar-refractivity contribution in [3.63, 3.8) is 0 Å². The Morgan fingerprint density at radius 3 is 2.72 bits per heavy atom. The van der Waals surface area contributed by atoms with Crippen LogP contribution >= 0.6 is 11.3 Å². The minimum atomic E-state index is -0.187. The van der Waals surface area contributed by atoms with E-state index in [1.807, 2.05) is 34.5 Å². The highest BCUT2D eigenvalue weighted by Crippen LogP contribution is 2.26. The first-order valence-electron chi connectivity index (χ1n) is 8.59. The molecule has 1 atom stereocenters. The second-order valence-electron chi connectivity index (χ2n) is 6.27. The van der Waals surface area contributed by atoms with Crippen LogP contribution in [-0.2, 0) is 6.42 Å². The number of anilines is 1. The summed E-state index contributed by atoms with van der Waals surface area (Å²) in [5.41, 5.74) is 2.36. The minimum Gasteiger partial charge on any atom is -0.336 e. The van der Waals surface area contributed by atoms with Crippen LogP contribution in [0.15, 0.2) is 35.7 Å². The van der Waals surface area contributed by atoms with Gasteiger partial charge in [0.1, 0.15) is 5.00 Å². The number of hydrogen-bond donors (Lipinski definition) is 2. The van der Waals surface area contributed by atoms with E-state index in [9.17, 15) is 9.59 Å². The van der Waals surface area contributed by atoms with Crippen molar-refractivity contribution in [1.29, 1.82) is 0 Å². The molecule has 0 saturated carbocycles. The SMILES string of the molecule is CCc1ccc(C(=O)Nc2sccc2C(=O)N2CCNC(C)C2)cc1. The lowest BCUT2D eigenvalue weighted by Gasteiger charge is -2.32. The Balaban J connectivity index is 1.72. The molecule has 1 saturated heterocycles. The Bertz CT molecular complexity index is 754. The van der Waals surface area contributed by atoms with Gasteiger partial charge in [-0.1, -0.05) is 19.1 Å². The average Bonchev–Trinajstić information content (AvgIpc) is 3.09. The molecule has 0 radical (unpaired) electrons. The van der Waals surface area contributed by atoms with Crippen LogP contribution in [0, 0.1) is 0 Å². The highest BCUT2D eigenvalue weighted by Gasteiger charge is 2.24. The Labute approximate surface area is 152 Å². The molecule has 6 heteroatoms. The number of nitrogens with one attached hydrogen (secondary N) is 2. The monoisotopic (exact) mass is 357 g/mol. The number of carbonyl (C=O) groups is 2. The molecule has 1 aliphatic heterocycles. The summed E-state index contributed by atoms with van der Waals surface area (Å²) in [5.74, 6) is -0.209. The van der Waals surface area contributed by atoms with E-state index in [2.05, 4.69) is 24.5 Å². The number of benzene rings is 1. The lowest BCUT2D eigenvalue weighted by Crippen LogP contribution is -2.51. The summed E-state index contributed by atoms with van der Waals surface area (Å²) in [6.45, 7) is 6.30. The normalized spacial score (nSPS) is 17.4. The minimum absolute atomic E-state index is 0.0220. The van der Waals surface area contributed by atoms with Gasteiger partial charge in [-0.25, -0.2) is 0 Å². The molecular formula is C19H23N3O2S. The van der Waals surface area contributed by atoms with Gasteiger partial charge in [-0.2, -0.15) is 0 Å². The van der Waals surface area contributed by atoms with E-state index in [0.29, 0.717) is 29.2 Å². The van der Waals surface area contributed by atoms with Crippen LogP contribution in [0.3, 0.4) is 0 Å². The molecule has 1 aliphatic rings. The quantitative estimate of drug-likeness (QED) is 0.884. The van der Waals surface area contributed by atoms with Gasteiger partial charge in [-0.05, 0) is 42.5 Å². The van der Waals surface area contributed by atoms with Crippen molar-refractivity contribution >= 4 is 28.2 Å². The number of piperazine rings is 1. The summed E-state index contributed by atoms with van der Waals surface area (Å²) < 4.78 is 0. The molecule has 1 aromatic heterocycles. The standard InChI is InChI=1S/C19H23N3O2S/c1-3-14-4-6-15(7-5-14)17(23)21-18-16(8-11-25-18)19(24)22-10-9-20-13(2)12-22/h4-8,11,13,20H,3,9-10,12H2,1-2H3,(H,21,23). The Kier molecular flexibility index (Phi) is 5.50. The molecule has 2 amide bonds. The number of aryl methyl sites for hydroxylation is 1. The smallest absolute Gasteiger partial charge is 0.256 e. The number of carbonyl (C=O) groups excluding carboxylic acids is 2. The Hall–Kier alpha value is -2.18. The maximum Gasteiger partial charge on any atom is 0.256 e. The fourth-order valence-corrected chi connectivity index (χ4v) is 3.70. The maximum absolute atomic E-state index is 12.8. The molecule has 2 aromatic rings. The van der Waals surface area contributed by atoms with Crippen molar-refractivity contribution in [3.8, 4) is 0 Å². The summed E-state index contributed by atoms with van der Waals surface area (Å²) in [7, 11) is 0. The van der Waals surface area contributed by atoms with E-state index in [0.717, 1.165) is 13.0 Å². The molecule has 132 valence electrons. The fraction of sp³-hybridized carbons (Fsp3) is 0.368. The Morgan fingerprint density at radius 1 is 1.28 bits per heavy atom. The van der Waals surface area contributed by atoms with Gasteiger partial charge in [0.15, 0.2) is 0 Å². The van der Waals surface area contributed by atoms with Crippen LogP contribution in [0.1, 0.15) is 40.1 Å². The highest BCUT2D eigenvalue weighted by atomic mass is 32.1. The predicted molar refractivity (Wildman–Crippen MR) is 101 cm³/mol. The third-order valence-corrected chi connectivity index (χ3v) is 5.23. The van der Waals surface area contributed by atoms with Crippen LogP contribution in [0.4, 0.5) is 5.00 Å². The summed E-state index contributed by atoms with van der Waals surface area (Å²) in [4.78, 5) is 27.1. The summed E-state index contributed by atoms with van der Waals surface area (Å²) in [5, 5.41) is 8.67. The number of rotatable bonds is 4. The molecule has 1 unspecified atom stereocenters. The van der Waals surface area contributed by atoms with Gasteiger partial charge >= 0.3 is 0 Å². The van der Waals surface area contributed by atoms with Gasteiger partial charge in [0.05, 0.1) is 5.56 Å².